The van der Waals surface area contributed by atoms with Crippen LogP contribution in [0.1, 0.15) is 169 Å². The van der Waals surface area contributed by atoms with Gasteiger partial charge in [-0.2, -0.15) is 0 Å². The summed E-state index contributed by atoms with van der Waals surface area (Å²) < 4.78 is 13.4. The number of aromatic nitrogens is 1. The van der Waals surface area contributed by atoms with Crippen molar-refractivity contribution >= 4 is 85.7 Å². The van der Waals surface area contributed by atoms with Crippen LogP contribution in [-0.2, 0) is 38.3 Å². The molecule has 2 unspecified atom stereocenters. The van der Waals surface area contributed by atoms with Crippen molar-refractivity contribution in [2.24, 2.45) is 51.3 Å². The predicted octanol–water partition coefficient (Wildman–Crippen LogP) is 9.32. The molecule has 5 aliphatic carbocycles. The van der Waals surface area contributed by atoms with E-state index in [1.807, 2.05) is 0 Å². The third kappa shape index (κ3) is 13.8. The van der Waals surface area contributed by atoms with Crippen molar-refractivity contribution in [3.8, 4) is 5.75 Å². The summed E-state index contributed by atoms with van der Waals surface area (Å²) in [7, 11) is 1.62. The van der Waals surface area contributed by atoms with Crippen LogP contribution in [0, 0.1) is 46.3 Å². The molecule has 9 rings (SSSR count). The van der Waals surface area contributed by atoms with Gasteiger partial charge in [0.15, 0.2) is 17.6 Å². The number of nitrogens with zero attached hydrogens (tertiary/aromatic N) is 4. The number of aliphatic imine (C=N–C) groups is 1. The molecule has 0 radical (unpaired) electrons. The Morgan fingerprint density at radius 1 is 0.871 bits per heavy atom. The van der Waals surface area contributed by atoms with Crippen molar-refractivity contribution in [3.63, 3.8) is 0 Å². The number of thiazole rings is 1. The Morgan fingerprint density at radius 3 is 2.38 bits per heavy atom. The van der Waals surface area contributed by atoms with Crippen molar-refractivity contribution in [1.82, 2.24) is 25.4 Å². The van der Waals surface area contributed by atoms with Gasteiger partial charge in [-0.05, 0) is 164 Å². The molecular weight excluding hydrogens is 1120 g/mol. The molecule has 5 fully saturated rings. The number of carboxylic acids is 2. The molecule has 1 spiro atoms. The molecule has 1 aromatic heterocycles. The minimum atomic E-state index is -1.08. The number of epoxide rings is 1. The average molecular weight is 1210 g/mol. The van der Waals surface area contributed by atoms with E-state index in [0.29, 0.717) is 123 Å². The van der Waals surface area contributed by atoms with Crippen LogP contribution in [0.2, 0.25) is 0 Å². The number of carbonyl (C=O) groups excluding carboxylic acids is 6. The van der Waals surface area contributed by atoms with Gasteiger partial charge in [-0.25, -0.2) is 19.4 Å². The quantitative estimate of drug-likeness (QED) is 0.0333. The normalized spacial score (nSPS) is 28.6. The number of carbonyl (C=O) groups is 8. The molecule has 12 atom stereocenters. The van der Waals surface area contributed by atoms with E-state index in [1.54, 1.807) is 59.9 Å². The molecule has 19 nitrogen and oxygen atoms in total. The number of ketones is 2. The van der Waals surface area contributed by atoms with Gasteiger partial charge >= 0.3 is 18.0 Å². The Kier molecular flexibility index (Phi) is 19.9. The Bertz CT molecular complexity index is 3040. The van der Waals surface area contributed by atoms with Gasteiger partial charge in [0.2, 0.25) is 17.7 Å². The number of nitrogens with one attached hydrogen (secondary N) is 2. The van der Waals surface area contributed by atoms with Crippen molar-refractivity contribution in [1.29, 1.82) is 0 Å². The molecule has 4 saturated carbocycles. The van der Waals surface area contributed by atoms with Crippen LogP contribution in [0.4, 0.5) is 4.79 Å². The lowest BCUT2D eigenvalue weighted by atomic mass is 9.46. The van der Waals surface area contributed by atoms with Crippen LogP contribution in [0.5, 0.6) is 5.75 Å². The molecule has 7 aliphatic rings. The number of rotatable bonds is 26. The summed E-state index contributed by atoms with van der Waals surface area (Å²) in [6.45, 7) is 14.0. The molecule has 5 N–H and O–H groups in total. The van der Waals surface area contributed by atoms with E-state index >= 15 is 0 Å². The minimum absolute atomic E-state index is 0.0537. The van der Waals surface area contributed by atoms with Gasteiger partial charge in [-0.15, -0.1) is 23.1 Å². The highest BCUT2D eigenvalue weighted by Crippen LogP contribution is 2.72. The fourth-order valence-corrected chi connectivity index (χ4v) is 17.8. The van der Waals surface area contributed by atoms with Gasteiger partial charge in [0.25, 0.3) is 0 Å². The number of aliphatic hydroxyl groups excluding tert-OH is 1. The number of unbranched alkanes of at least 4 members (excludes halogenated alkanes) is 3. The maximum atomic E-state index is 13.9. The van der Waals surface area contributed by atoms with Crippen LogP contribution in [-0.4, -0.2) is 151 Å². The second-order valence-corrected chi connectivity index (χ2v) is 28.5. The SMILES string of the molecule is CC1=C(C)C(=O)C(C(C)(C)CC(=O)N(C)CCN(CCCCCC(=O)NCCCCC(NC(=O)CC[C@@H](C)[C@H]2CC[C@H]3[C@@H]4CC[C@@H]5C[C@H](O)CC[C@]5(C)[C@H]4C[C@@H]4O[C@@]423)C(=O)O)C(=O)Oc2ccc3nc(C4=NC(C(=O)O)CS4)sc3c2)=C(C)C1=O. The third-order valence-electron chi connectivity index (χ3n) is 20.7. The number of likely N-dealkylation sites (N-methyl/N-ethyl adjacent to an activating group) is 1. The Balaban J connectivity index is 0.703. The number of carboxylic acid groups (broad SMARTS) is 2. The van der Waals surface area contributed by atoms with Gasteiger partial charge in [0.05, 0.1) is 22.4 Å². The predicted molar refractivity (Wildman–Crippen MR) is 324 cm³/mol. The lowest BCUT2D eigenvalue weighted by Crippen LogP contribution is -2.54. The molecule has 85 heavy (non-hydrogen) atoms. The zero-order valence-corrected chi connectivity index (χ0v) is 52.4. The Labute approximate surface area is 507 Å². The summed E-state index contributed by atoms with van der Waals surface area (Å²) >= 11 is 2.64. The number of aliphatic carboxylic acids is 2. The van der Waals surface area contributed by atoms with Crippen molar-refractivity contribution < 1.29 is 63.1 Å². The Morgan fingerprint density at radius 2 is 1.64 bits per heavy atom. The molecule has 2 aliphatic heterocycles. The zero-order valence-electron chi connectivity index (χ0n) is 50.8. The average Bonchev–Trinajstić information content (AvgIpc) is 1.60. The summed E-state index contributed by atoms with van der Waals surface area (Å²) in [5.41, 5.74) is 1.32. The molecule has 2 aromatic rings. The number of thioether (sulfide) groups is 1. The van der Waals surface area contributed by atoms with E-state index in [-0.39, 0.29) is 109 Å². The number of benzene rings is 1. The smallest absolute Gasteiger partial charge is 0.415 e. The number of allylic oxidation sites excluding steroid dienone is 4. The van der Waals surface area contributed by atoms with Crippen LogP contribution >= 0.6 is 23.1 Å². The maximum absolute atomic E-state index is 13.9. The summed E-state index contributed by atoms with van der Waals surface area (Å²) in [5.74, 6) is 0.487. The standard InChI is InChI=1S/C64H88N6O13S2/c1-35(43-20-21-44-42-19-17-39-30-40(71)24-25-63(39,7)45(42)32-50-64(43,44)83-50)16-23-52(73)66-47(59(77)78)14-11-12-26-65-51(72)15-10-9-13-27-70(29-28-69(8)53(74)33-62(5,6)54-38(4)55(75)36(2)37(3)56(54)76)61(81)82-41-18-22-46-49(31-41)85-58(67-46)57-68-48(34-84-57)60(79)80/h18,22,31,35,39-40,42-45,47-48,50,71H,9-17,19-21,23-30,32-34H2,1-8H3,(H,65,72)(H,66,73)(H,77,78)(H,79,80)/t35-,39-,40-,42+,43-,44+,45+,47?,48?,50+,63+,64+/m1/s1. The van der Waals surface area contributed by atoms with E-state index in [9.17, 15) is 53.7 Å². The van der Waals surface area contributed by atoms with E-state index in [0.717, 1.165) is 32.1 Å². The number of hydrogen-bond donors (Lipinski definition) is 5. The second-order valence-electron chi connectivity index (χ2n) is 26.5. The number of ether oxygens (including phenoxy) is 2. The molecule has 21 heteroatoms. The second kappa shape index (κ2) is 26.4. The van der Waals surface area contributed by atoms with Gasteiger partial charge in [0, 0.05) is 92.0 Å². The molecule has 1 saturated heterocycles. The van der Waals surface area contributed by atoms with E-state index in [4.69, 9.17) is 9.47 Å². The molecule has 3 heterocycles. The molecule has 1 aromatic carbocycles. The number of Topliss-reactive ketones (excluding diaryl/α,β-unsaturated/α-hetero) is 2. The van der Waals surface area contributed by atoms with Crippen LogP contribution < -0.4 is 15.4 Å². The highest BCUT2D eigenvalue weighted by Gasteiger charge is 2.75. The van der Waals surface area contributed by atoms with E-state index < -0.39 is 35.5 Å². The maximum Gasteiger partial charge on any atom is 0.415 e. The largest absolute Gasteiger partial charge is 0.480 e. The fourth-order valence-electron chi connectivity index (χ4n) is 15.7. The summed E-state index contributed by atoms with van der Waals surface area (Å²) in [5, 5.41) is 36.7. The lowest BCUT2D eigenvalue weighted by Gasteiger charge is -2.58. The fraction of sp³-hybridized carbons (Fsp3) is 0.688. The van der Waals surface area contributed by atoms with Gasteiger partial charge < -0.3 is 45.2 Å². The van der Waals surface area contributed by atoms with Crippen molar-refractivity contribution in [2.45, 2.75) is 194 Å². The topological polar surface area (TPSA) is 275 Å². The lowest BCUT2D eigenvalue weighted by molar-refractivity contribution is -0.142. The molecule has 0 bridgehead atoms. The van der Waals surface area contributed by atoms with Gasteiger partial charge in [-0.1, -0.05) is 34.1 Å². The number of hydrogen-bond acceptors (Lipinski definition) is 15. The number of amides is 4. The summed E-state index contributed by atoms with van der Waals surface area (Å²) in [6.07, 6.45) is 12.2. The monoisotopic (exact) mass is 1210 g/mol. The van der Waals surface area contributed by atoms with Gasteiger partial charge in [-0.3, -0.25) is 29.0 Å². The van der Waals surface area contributed by atoms with Crippen LogP contribution in [0.3, 0.4) is 0 Å². The Hall–Kier alpha value is -5.51. The molecule has 464 valence electrons. The third-order valence-corrected chi connectivity index (χ3v) is 22.9. The number of aliphatic hydroxyl groups is 1. The molecule has 4 amide bonds. The van der Waals surface area contributed by atoms with Crippen LogP contribution in [0.15, 0.2) is 45.5 Å². The van der Waals surface area contributed by atoms with Crippen LogP contribution in [0.25, 0.3) is 10.2 Å². The highest BCUT2D eigenvalue weighted by atomic mass is 32.2. The first-order valence-corrected chi connectivity index (χ1v) is 32.8. The van der Waals surface area contributed by atoms with Gasteiger partial charge in [0.1, 0.15) is 27.4 Å². The first kappa shape index (κ1) is 64.0. The molecular formula is C64H88N6O13S2. The van der Waals surface area contributed by atoms with E-state index in [1.165, 1.54) is 52.2 Å². The number of fused-ring (bicyclic) bond motifs is 5. The zero-order chi connectivity index (χ0) is 61.3. The summed E-state index contributed by atoms with van der Waals surface area (Å²) in [6, 6.07) is 3.17. The first-order chi connectivity index (χ1) is 40.3. The first-order valence-electron chi connectivity index (χ1n) is 31.0. The highest BCUT2D eigenvalue weighted by molar-refractivity contribution is 8.15. The van der Waals surface area contributed by atoms with E-state index in [2.05, 4.69) is 34.5 Å². The minimum Gasteiger partial charge on any atom is -0.480 e. The van der Waals surface area contributed by atoms with Crippen molar-refractivity contribution in [2.75, 3.05) is 39.0 Å². The summed E-state index contributed by atoms with van der Waals surface area (Å²) in [4.78, 5) is 116. The van der Waals surface area contributed by atoms with Crippen molar-refractivity contribution in [3.05, 3.63) is 45.5 Å².